The van der Waals surface area contributed by atoms with E-state index in [-0.39, 0.29) is 17.9 Å². The van der Waals surface area contributed by atoms with Crippen LogP contribution in [-0.2, 0) is 9.59 Å². The van der Waals surface area contributed by atoms with Crippen LogP contribution in [0.2, 0.25) is 5.02 Å². The predicted octanol–water partition coefficient (Wildman–Crippen LogP) is 3.00. The van der Waals surface area contributed by atoms with Gasteiger partial charge in [-0.3, -0.25) is 9.59 Å². The second kappa shape index (κ2) is 8.44. The van der Waals surface area contributed by atoms with Gasteiger partial charge in [-0.05, 0) is 37.1 Å². The van der Waals surface area contributed by atoms with E-state index in [2.05, 4.69) is 10.6 Å². The molecule has 0 spiro atoms. The standard InChI is InChI=1S/C16H21ClN2O2S/c1-11(20)18-15(16(21)19-13-4-2-3-5-13)10-22-14-8-6-12(17)7-9-14/h6-9,13,15H,2-5,10H2,1H3,(H,18,20)(H,19,21). The van der Waals surface area contributed by atoms with E-state index in [1.165, 1.54) is 18.7 Å². The lowest BCUT2D eigenvalue weighted by Gasteiger charge is -2.20. The molecule has 0 radical (unpaired) electrons. The van der Waals surface area contributed by atoms with Gasteiger partial charge in [0.25, 0.3) is 0 Å². The molecule has 1 aromatic carbocycles. The van der Waals surface area contributed by atoms with Crippen molar-refractivity contribution in [3.63, 3.8) is 0 Å². The molecule has 1 aliphatic rings. The molecule has 22 heavy (non-hydrogen) atoms. The summed E-state index contributed by atoms with van der Waals surface area (Å²) in [5.74, 6) is 0.214. The van der Waals surface area contributed by atoms with Crippen molar-refractivity contribution in [2.75, 3.05) is 5.75 Å². The van der Waals surface area contributed by atoms with Crippen LogP contribution in [0.15, 0.2) is 29.2 Å². The molecule has 1 aromatic rings. The van der Waals surface area contributed by atoms with Crippen LogP contribution in [0, 0.1) is 0 Å². The van der Waals surface area contributed by atoms with Crippen molar-refractivity contribution in [3.05, 3.63) is 29.3 Å². The first-order chi connectivity index (χ1) is 10.5. The number of rotatable bonds is 6. The van der Waals surface area contributed by atoms with Crippen LogP contribution in [0.3, 0.4) is 0 Å². The molecule has 1 aliphatic carbocycles. The lowest BCUT2D eigenvalue weighted by molar-refractivity contribution is -0.127. The van der Waals surface area contributed by atoms with E-state index >= 15 is 0 Å². The molecule has 4 nitrogen and oxygen atoms in total. The third-order valence-electron chi connectivity index (χ3n) is 3.63. The number of carbonyl (C=O) groups is 2. The number of hydrogen-bond acceptors (Lipinski definition) is 3. The van der Waals surface area contributed by atoms with Crippen molar-refractivity contribution in [2.45, 2.75) is 49.6 Å². The van der Waals surface area contributed by atoms with Crippen molar-refractivity contribution < 1.29 is 9.59 Å². The quantitative estimate of drug-likeness (QED) is 0.783. The van der Waals surface area contributed by atoms with Crippen molar-refractivity contribution in [3.8, 4) is 0 Å². The van der Waals surface area contributed by atoms with Gasteiger partial charge in [0.2, 0.25) is 11.8 Å². The largest absolute Gasteiger partial charge is 0.352 e. The highest BCUT2D eigenvalue weighted by atomic mass is 35.5. The summed E-state index contributed by atoms with van der Waals surface area (Å²) in [6.07, 6.45) is 4.39. The van der Waals surface area contributed by atoms with Crippen LogP contribution < -0.4 is 10.6 Å². The predicted molar refractivity (Wildman–Crippen MR) is 90.2 cm³/mol. The fraction of sp³-hybridized carbons (Fsp3) is 0.500. The zero-order chi connectivity index (χ0) is 15.9. The van der Waals surface area contributed by atoms with Crippen LogP contribution in [0.5, 0.6) is 0 Å². The Balaban J connectivity index is 1.91. The number of amides is 2. The lowest BCUT2D eigenvalue weighted by atomic mass is 10.2. The van der Waals surface area contributed by atoms with E-state index in [1.807, 2.05) is 24.3 Å². The van der Waals surface area contributed by atoms with Crippen LogP contribution in [0.1, 0.15) is 32.6 Å². The first kappa shape index (κ1) is 17.2. The monoisotopic (exact) mass is 340 g/mol. The van der Waals surface area contributed by atoms with Gasteiger partial charge in [-0.1, -0.05) is 24.4 Å². The average Bonchev–Trinajstić information content (AvgIpc) is 2.97. The molecule has 1 unspecified atom stereocenters. The molecular formula is C16H21ClN2O2S. The Morgan fingerprint density at radius 2 is 1.91 bits per heavy atom. The SMILES string of the molecule is CC(=O)NC(CSc1ccc(Cl)cc1)C(=O)NC1CCCC1. The highest BCUT2D eigenvalue weighted by Crippen LogP contribution is 2.22. The number of hydrogen-bond donors (Lipinski definition) is 2. The maximum Gasteiger partial charge on any atom is 0.243 e. The van der Waals surface area contributed by atoms with Gasteiger partial charge in [0.15, 0.2) is 0 Å². The van der Waals surface area contributed by atoms with Gasteiger partial charge in [0, 0.05) is 28.6 Å². The van der Waals surface area contributed by atoms with E-state index in [0.29, 0.717) is 10.8 Å². The lowest BCUT2D eigenvalue weighted by Crippen LogP contribution is -2.50. The number of nitrogens with one attached hydrogen (secondary N) is 2. The summed E-state index contributed by atoms with van der Waals surface area (Å²) >= 11 is 7.39. The van der Waals surface area contributed by atoms with E-state index in [4.69, 9.17) is 11.6 Å². The Hall–Kier alpha value is -1.20. The highest BCUT2D eigenvalue weighted by molar-refractivity contribution is 7.99. The smallest absolute Gasteiger partial charge is 0.243 e. The van der Waals surface area contributed by atoms with Crippen LogP contribution >= 0.6 is 23.4 Å². The Morgan fingerprint density at radius 3 is 2.50 bits per heavy atom. The van der Waals surface area contributed by atoms with Crippen molar-refractivity contribution in [1.82, 2.24) is 10.6 Å². The van der Waals surface area contributed by atoms with Crippen molar-refractivity contribution in [1.29, 1.82) is 0 Å². The zero-order valence-corrected chi connectivity index (χ0v) is 14.2. The minimum Gasteiger partial charge on any atom is -0.352 e. The van der Waals surface area contributed by atoms with E-state index in [0.717, 1.165) is 30.6 Å². The van der Waals surface area contributed by atoms with E-state index < -0.39 is 6.04 Å². The van der Waals surface area contributed by atoms with Gasteiger partial charge < -0.3 is 10.6 Å². The zero-order valence-electron chi connectivity index (χ0n) is 12.6. The fourth-order valence-electron chi connectivity index (χ4n) is 2.51. The molecule has 120 valence electrons. The molecule has 0 bridgehead atoms. The number of thioether (sulfide) groups is 1. The van der Waals surface area contributed by atoms with Gasteiger partial charge in [-0.15, -0.1) is 11.8 Å². The molecule has 0 heterocycles. The summed E-state index contributed by atoms with van der Waals surface area (Å²) in [5.41, 5.74) is 0. The average molecular weight is 341 g/mol. The van der Waals surface area contributed by atoms with Gasteiger partial charge in [-0.2, -0.15) is 0 Å². The number of carbonyl (C=O) groups excluding carboxylic acids is 2. The minimum absolute atomic E-state index is 0.0939. The normalized spacial score (nSPS) is 16.3. The van der Waals surface area contributed by atoms with E-state index in [1.54, 1.807) is 0 Å². The molecule has 2 amide bonds. The summed E-state index contributed by atoms with van der Waals surface area (Å²) < 4.78 is 0. The van der Waals surface area contributed by atoms with Crippen LogP contribution in [0.25, 0.3) is 0 Å². The summed E-state index contributed by atoms with van der Waals surface area (Å²) in [4.78, 5) is 24.7. The molecule has 0 saturated heterocycles. The maximum atomic E-state index is 12.3. The molecule has 1 saturated carbocycles. The number of halogens is 1. The summed E-state index contributed by atoms with van der Waals surface area (Å²) in [5, 5.41) is 6.46. The van der Waals surface area contributed by atoms with Gasteiger partial charge in [0.1, 0.15) is 6.04 Å². The minimum atomic E-state index is -0.515. The molecular weight excluding hydrogens is 320 g/mol. The fourth-order valence-corrected chi connectivity index (χ4v) is 3.56. The van der Waals surface area contributed by atoms with Crippen molar-refractivity contribution >= 4 is 35.2 Å². The third-order valence-corrected chi connectivity index (χ3v) is 4.98. The second-order valence-corrected chi connectivity index (χ2v) is 7.04. The second-order valence-electron chi connectivity index (χ2n) is 5.51. The van der Waals surface area contributed by atoms with Gasteiger partial charge in [-0.25, -0.2) is 0 Å². The summed E-state index contributed by atoms with van der Waals surface area (Å²) in [7, 11) is 0. The summed E-state index contributed by atoms with van der Waals surface area (Å²) in [6, 6.07) is 7.19. The molecule has 2 rings (SSSR count). The molecule has 1 fully saturated rings. The Labute approximate surface area is 140 Å². The summed E-state index contributed by atoms with van der Waals surface area (Å²) in [6.45, 7) is 1.43. The van der Waals surface area contributed by atoms with Crippen LogP contribution in [-0.4, -0.2) is 29.7 Å². The van der Waals surface area contributed by atoms with Crippen LogP contribution in [0.4, 0.5) is 0 Å². The third kappa shape index (κ3) is 5.54. The van der Waals surface area contributed by atoms with E-state index in [9.17, 15) is 9.59 Å². The molecule has 0 aromatic heterocycles. The van der Waals surface area contributed by atoms with Crippen molar-refractivity contribution in [2.24, 2.45) is 0 Å². The topological polar surface area (TPSA) is 58.2 Å². The Bertz CT molecular complexity index is 515. The molecule has 6 heteroatoms. The maximum absolute atomic E-state index is 12.3. The first-order valence-electron chi connectivity index (χ1n) is 7.50. The van der Waals surface area contributed by atoms with Gasteiger partial charge >= 0.3 is 0 Å². The highest BCUT2D eigenvalue weighted by Gasteiger charge is 2.24. The number of benzene rings is 1. The Kier molecular flexibility index (Phi) is 6.58. The first-order valence-corrected chi connectivity index (χ1v) is 8.87. The Morgan fingerprint density at radius 1 is 1.27 bits per heavy atom. The molecule has 0 aliphatic heterocycles. The van der Waals surface area contributed by atoms with Gasteiger partial charge in [0.05, 0.1) is 0 Å². The molecule has 2 N–H and O–H groups in total. The molecule has 1 atom stereocenters.